The molecule has 1 N–H and O–H groups in total. The van der Waals surface area contributed by atoms with Gasteiger partial charge in [-0.15, -0.1) is 10.2 Å². The molecule has 0 fully saturated rings. The molecule has 0 aliphatic heterocycles. The van der Waals surface area contributed by atoms with Crippen molar-refractivity contribution in [3.05, 3.63) is 72.3 Å². The van der Waals surface area contributed by atoms with Crippen LogP contribution in [0.3, 0.4) is 0 Å². The largest absolute Gasteiger partial charge is 0.323 e. The van der Waals surface area contributed by atoms with E-state index < -0.39 is 0 Å². The van der Waals surface area contributed by atoms with Gasteiger partial charge < -0.3 is 14.3 Å². The van der Waals surface area contributed by atoms with E-state index in [1.54, 1.807) is 0 Å². The van der Waals surface area contributed by atoms with Crippen molar-refractivity contribution in [2.75, 3.05) is 5.32 Å². The van der Waals surface area contributed by atoms with Crippen molar-refractivity contribution in [3.8, 4) is 11.4 Å². The Morgan fingerprint density at radius 2 is 1.96 bits per heavy atom. The number of hydrogen-bond donors (Lipinski definition) is 1. The molecule has 0 atom stereocenters. The van der Waals surface area contributed by atoms with Crippen molar-refractivity contribution in [3.63, 3.8) is 0 Å². The molecular weight excluding hydrogens is 314 g/mol. The summed E-state index contributed by atoms with van der Waals surface area (Å²) in [5.41, 5.74) is 3.23. The Labute approximate surface area is 144 Å². The maximum absolute atomic E-state index is 12.5. The molecule has 1 aromatic carbocycles. The van der Waals surface area contributed by atoms with Crippen molar-refractivity contribution in [2.24, 2.45) is 7.05 Å². The zero-order valence-corrected chi connectivity index (χ0v) is 14.0. The summed E-state index contributed by atoms with van der Waals surface area (Å²) in [4.78, 5) is 12.5. The first-order valence-electron chi connectivity index (χ1n) is 7.96. The topological polar surface area (TPSA) is 64.2 Å². The van der Waals surface area contributed by atoms with Gasteiger partial charge in [0.15, 0.2) is 5.82 Å². The van der Waals surface area contributed by atoms with E-state index in [1.807, 2.05) is 83.9 Å². The molecule has 4 aromatic rings. The molecule has 0 unspecified atom stereocenters. The molecule has 3 aromatic heterocycles. The van der Waals surface area contributed by atoms with Gasteiger partial charge in [0.1, 0.15) is 5.82 Å². The van der Waals surface area contributed by atoms with E-state index in [1.165, 1.54) is 0 Å². The molecule has 1 amide bonds. The van der Waals surface area contributed by atoms with Gasteiger partial charge in [0.2, 0.25) is 0 Å². The number of nitrogens with one attached hydrogen (secondary N) is 1. The van der Waals surface area contributed by atoms with Crippen LogP contribution < -0.4 is 5.32 Å². The van der Waals surface area contributed by atoms with Crippen LogP contribution in [0.25, 0.3) is 16.9 Å². The molecule has 0 radical (unpaired) electrons. The normalized spacial score (nSPS) is 11.0. The summed E-state index contributed by atoms with van der Waals surface area (Å²) in [6.07, 6.45) is 3.74. The van der Waals surface area contributed by atoms with Gasteiger partial charge in [-0.1, -0.05) is 18.2 Å². The van der Waals surface area contributed by atoms with Gasteiger partial charge in [-0.2, -0.15) is 0 Å². The predicted octanol–water partition coefficient (Wildman–Crippen LogP) is 3.30. The minimum Gasteiger partial charge on any atom is -0.323 e. The van der Waals surface area contributed by atoms with Crippen LogP contribution >= 0.6 is 0 Å². The highest BCUT2D eigenvalue weighted by Crippen LogP contribution is 2.22. The highest BCUT2D eigenvalue weighted by Gasteiger charge is 2.11. The van der Waals surface area contributed by atoms with Crippen molar-refractivity contribution < 1.29 is 4.79 Å². The number of aryl methyl sites for hydroxylation is 1. The average molecular weight is 331 g/mol. The number of nitrogens with zero attached hydrogens (tertiary/aromatic N) is 4. The standard InChI is InChI=1S/C19H17N5O/c1-13-21-22-18(23(13)2)14-6-5-7-16(10-14)20-19(25)15-11-17-8-3-4-9-24(17)12-15/h3-12H,1-2H3,(H,20,25). The van der Waals surface area contributed by atoms with E-state index in [0.29, 0.717) is 5.56 Å². The molecule has 6 heteroatoms. The van der Waals surface area contributed by atoms with Gasteiger partial charge in [-0.05, 0) is 37.3 Å². The second kappa shape index (κ2) is 5.90. The third-order valence-corrected chi connectivity index (χ3v) is 4.24. The Balaban J connectivity index is 1.61. The predicted molar refractivity (Wildman–Crippen MR) is 96.5 cm³/mol. The SMILES string of the molecule is Cc1nnc(-c2cccc(NC(=O)c3cc4ccccn4c3)c2)n1C. The summed E-state index contributed by atoms with van der Waals surface area (Å²) in [6, 6.07) is 15.3. The minimum absolute atomic E-state index is 0.144. The first-order chi connectivity index (χ1) is 12.1. The minimum atomic E-state index is -0.144. The van der Waals surface area contributed by atoms with E-state index >= 15 is 0 Å². The first kappa shape index (κ1) is 15.1. The lowest BCUT2D eigenvalue weighted by Gasteiger charge is -2.07. The number of pyridine rings is 1. The molecule has 4 rings (SSSR count). The summed E-state index contributed by atoms with van der Waals surface area (Å²) >= 11 is 0. The molecule has 3 heterocycles. The summed E-state index contributed by atoms with van der Waals surface area (Å²) in [7, 11) is 1.92. The summed E-state index contributed by atoms with van der Waals surface area (Å²) in [5, 5.41) is 11.2. The number of benzene rings is 1. The quantitative estimate of drug-likeness (QED) is 0.626. The van der Waals surface area contributed by atoms with E-state index in [9.17, 15) is 4.79 Å². The van der Waals surface area contributed by atoms with Crippen LogP contribution in [0.1, 0.15) is 16.2 Å². The molecule has 0 saturated carbocycles. The second-order valence-corrected chi connectivity index (χ2v) is 5.93. The van der Waals surface area contributed by atoms with Crippen LogP contribution in [-0.2, 0) is 7.05 Å². The monoisotopic (exact) mass is 331 g/mol. The van der Waals surface area contributed by atoms with Gasteiger partial charge >= 0.3 is 0 Å². The van der Waals surface area contributed by atoms with Gasteiger partial charge in [-0.3, -0.25) is 4.79 Å². The van der Waals surface area contributed by atoms with Crippen LogP contribution in [0.4, 0.5) is 5.69 Å². The average Bonchev–Trinajstić information content (AvgIpc) is 3.19. The maximum Gasteiger partial charge on any atom is 0.257 e. The van der Waals surface area contributed by atoms with Crippen molar-refractivity contribution in [1.82, 2.24) is 19.2 Å². The van der Waals surface area contributed by atoms with Crippen molar-refractivity contribution in [2.45, 2.75) is 6.92 Å². The van der Waals surface area contributed by atoms with Crippen LogP contribution in [-0.4, -0.2) is 25.1 Å². The highest BCUT2D eigenvalue weighted by atomic mass is 16.1. The van der Waals surface area contributed by atoms with E-state index in [-0.39, 0.29) is 5.91 Å². The van der Waals surface area contributed by atoms with Gasteiger partial charge in [0.05, 0.1) is 5.56 Å². The number of anilines is 1. The Bertz CT molecular complexity index is 1040. The van der Waals surface area contributed by atoms with Crippen LogP contribution in [0.5, 0.6) is 0 Å². The van der Waals surface area contributed by atoms with Gasteiger partial charge in [0, 0.05) is 36.2 Å². The van der Waals surface area contributed by atoms with E-state index in [0.717, 1.165) is 28.4 Å². The summed E-state index contributed by atoms with van der Waals surface area (Å²) in [5.74, 6) is 1.46. The van der Waals surface area contributed by atoms with Crippen LogP contribution in [0, 0.1) is 6.92 Å². The van der Waals surface area contributed by atoms with Crippen molar-refractivity contribution in [1.29, 1.82) is 0 Å². The highest BCUT2D eigenvalue weighted by molar-refractivity contribution is 6.05. The molecule has 0 spiro atoms. The summed E-state index contributed by atoms with van der Waals surface area (Å²) in [6.45, 7) is 1.90. The summed E-state index contributed by atoms with van der Waals surface area (Å²) < 4.78 is 3.84. The number of carbonyl (C=O) groups excluding carboxylic acids is 1. The Morgan fingerprint density at radius 1 is 1.08 bits per heavy atom. The van der Waals surface area contributed by atoms with Crippen LogP contribution in [0.2, 0.25) is 0 Å². The smallest absolute Gasteiger partial charge is 0.257 e. The lowest BCUT2D eigenvalue weighted by Crippen LogP contribution is -2.11. The number of hydrogen-bond acceptors (Lipinski definition) is 3. The fourth-order valence-electron chi connectivity index (χ4n) is 2.78. The Kier molecular flexibility index (Phi) is 3.57. The number of rotatable bonds is 3. The number of fused-ring (bicyclic) bond motifs is 1. The molecule has 0 aliphatic carbocycles. The van der Waals surface area contributed by atoms with Gasteiger partial charge in [0.25, 0.3) is 5.91 Å². The fraction of sp³-hybridized carbons (Fsp3) is 0.105. The zero-order chi connectivity index (χ0) is 17.4. The molecule has 6 nitrogen and oxygen atoms in total. The lowest BCUT2D eigenvalue weighted by molar-refractivity contribution is 0.102. The third-order valence-electron chi connectivity index (χ3n) is 4.24. The molecule has 0 aliphatic rings. The maximum atomic E-state index is 12.5. The Hall–Kier alpha value is -3.41. The Morgan fingerprint density at radius 3 is 2.72 bits per heavy atom. The molecule has 124 valence electrons. The van der Waals surface area contributed by atoms with Gasteiger partial charge in [-0.25, -0.2) is 0 Å². The number of amides is 1. The van der Waals surface area contributed by atoms with E-state index in [2.05, 4.69) is 15.5 Å². The van der Waals surface area contributed by atoms with Crippen LogP contribution in [0.15, 0.2) is 60.9 Å². The van der Waals surface area contributed by atoms with Crippen molar-refractivity contribution >= 4 is 17.1 Å². The fourth-order valence-corrected chi connectivity index (χ4v) is 2.78. The molecule has 25 heavy (non-hydrogen) atoms. The third kappa shape index (κ3) is 2.78. The molecule has 0 bridgehead atoms. The molecular formula is C19H17N5O. The first-order valence-corrected chi connectivity index (χ1v) is 7.96. The second-order valence-electron chi connectivity index (χ2n) is 5.93. The number of carbonyl (C=O) groups is 1. The number of aromatic nitrogens is 4. The zero-order valence-electron chi connectivity index (χ0n) is 14.0. The molecule has 0 saturated heterocycles. The van der Waals surface area contributed by atoms with E-state index in [4.69, 9.17) is 0 Å². The lowest BCUT2D eigenvalue weighted by atomic mass is 10.2.